The van der Waals surface area contributed by atoms with Gasteiger partial charge in [-0.15, -0.1) is 0 Å². The SMILES string of the molecule is O=C(OF)c1ccccc1[N+](=O)[O-]. The number of nitro groups is 1. The molecule has 0 N–H and O–H groups in total. The summed E-state index contributed by atoms with van der Waals surface area (Å²) in [5, 5.41) is 10.3. The number of carbonyl (C=O) groups is 1. The van der Waals surface area contributed by atoms with Crippen molar-refractivity contribution in [2.24, 2.45) is 0 Å². The lowest BCUT2D eigenvalue weighted by molar-refractivity contribution is -0.385. The molecule has 0 spiro atoms. The first-order chi connectivity index (χ1) is 6.16. The smallest absolute Gasteiger partial charge is 0.258 e. The number of halogens is 1. The van der Waals surface area contributed by atoms with Gasteiger partial charge in [-0.25, -0.2) is 9.74 Å². The Morgan fingerprint density at radius 2 is 2.08 bits per heavy atom. The lowest BCUT2D eigenvalue weighted by Crippen LogP contribution is -2.03. The molecule has 6 heteroatoms. The first-order valence-corrected chi connectivity index (χ1v) is 3.23. The second kappa shape index (κ2) is 3.61. The van der Waals surface area contributed by atoms with Gasteiger partial charge in [0.15, 0.2) is 0 Å². The summed E-state index contributed by atoms with van der Waals surface area (Å²) in [5.74, 6) is -1.37. The molecule has 0 aromatic heterocycles. The minimum Gasteiger partial charge on any atom is -0.258 e. The first kappa shape index (κ1) is 9.11. The summed E-state index contributed by atoms with van der Waals surface area (Å²) in [6.45, 7) is 0. The van der Waals surface area contributed by atoms with Crippen LogP contribution in [-0.4, -0.2) is 10.9 Å². The summed E-state index contributed by atoms with van der Waals surface area (Å²) >= 11 is 0. The lowest BCUT2D eigenvalue weighted by Gasteiger charge is -1.96. The number of nitro benzene ring substituents is 1. The van der Waals surface area contributed by atoms with Crippen molar-refractivity contribution in [3.8, 4) is 0 Å². The van der Waals surface area contributed by atoms with E-state index in [0.717, 1.165) is 12.1 Å². The molecule has 1 rings (SSSR count). The van der Waals surface area contributed by atoms with Crippen molar-refractivity contribution in [1.29, 1.82) is 0 Å². The average molecular weight is 185 g/mol. The number of hydrogen-bond donors (Lipinski definition) is 0. The van der Waals surface area contributed by atoms with Crippen LogP contribution in [0.15, 0.2) is 24.3 Å². The fraction of sp³-hybridized carbons (Fsp3) is 0. The van der Waals surface area contributed by atoms with Gasteiger partial charge < -0.3 is 0 Å². The molecular weight excluding hydrogens is 181 g/mol. The van der Waals surface area contributed by atoms with Crippen LogP contribution < -0.4 is 0 Å². The lowest BCUT2D eigenvalue weighted by atomic mass is 10.2. The van der Waals surface area contributed by atoms with Gasteiger partial charge in [-0.05, 0) is 6.07 Å². The second-order valence-corrected chi connectivity index (χ2v) is 2.14. The predicted octanol–water partition coefficient (Wildman–Crippen LogP) is 1.64. The minimum atomic E-state index is -1.37. The number of benzene rings is 1. The van der Waals surface area contributed by atoms with E-state index in [0.29, 0.717) is 0 Å². The standard InChI is InChI=1S/C7H4FNO4/c8-13-7(10)5-3-1-2-4-6(5)9(11)12/h1-4H. The van der Waals surface area contributed by atoms with Gasteiger partial charge in [0.25, 0.3) is 5.69 Å². The molecule has 1 aromatic rings. The minimum absolute atomic E-state index is 0.407. The van der Waals surface area contributed by atoms with Crippen LogP contribution in [0.5, 0.6) is 0 Å². The van der Waals surface area contributed by atoms with Gasteiger partial charge in [0.05, 0.1) is 4.92 Å². The Morgan fingerprint density at radius 3 is 2.62 bits per heavy atom. The number of carbonyl (C=O) groups excluding carboxylic acids is 1. The summed E-state index contributed by atoms with van der Waals surface area (Å²) in [6, 6.07) is 4.94. The Labute approximate surface area is 71.8 Å². The highest BCUT2D eigenvalue weighted by Crippen LogP contribution is 2.18. The fourth-order valence-corrected chi connectivity index (χ4v) is 0.847. The van der Waals surface area contributed by atoms with Crippen molar-refractivity contribution in [3.05, 3.63) is 39.9 Å². The van der Waals surface area contributed by atoms with E-state index in [1.54, 1.807) is 0 Å². The molecule has 0 amide bonds. The summed E-state index contributed by atoms with van der Waals surface area (Å²) in [7, 11) is 0. The molecule has 0 aliphatic carbocycles. The third-order valence-corrected chi connectivity index (χ3v) is 1.39. The molecule has 0 aliphatic heterocycles. The quantitative estimate of drug-likeness (QED) is 0.518. The van der Waals surface area contributed by atoms with E-state index in [1.807, 2.05) is 0 Å². The van der Waals surface area contributed by atoms with E-state index in [2.05, 4.69) is 4.94 Å². The topological polar surface area (TPSA) is 69.4 Å². The van der Waals surface area contributed by atoms with Gasteiger partial charge in [0.2, 0.25) is 0 Å². The van der Waals surface area contributed by atoms with Crippen LogP contribution in [0.1, 0.15) is 10.4 Å². The summed E-state index contributed by atoms with van der Waals surface area (Å²) in [4.78, 5) is 23.1. The van der Waals surface area contributed by atoms with Gasteiger partial charge >= 0.3 is 5.97 Å². The van der Waals surface area contributed by atoms with Crippen LogP contribution in [-0.2, 0) is 4.94 Å². The van der Waals surface area contributed by atoms with Crippen LogP contribution in [0.3, 0.4) is 0 Å². The zero-order valence-corrected chi connectivity index (χ0v) is 6.27. The summed E-state index contributed by atoms with van der Waals surface area (Å²) < 4.78 is 11.4. The van der Waals surface area contributed by atoms with Crippen LogP contribution in [0.4, 0.5) is 10.2 Å². The largest absolute Gasteiger partial charge is 0.386 e. The van der Waals surface area contributed by atoms with Gasteiger partial charge in [-0.1, -0.05) is 12.1 Å². The highest BCUT2D eigenvalue weighted by molar-refractivity contribution is 5.93. The van der Waals surface area contributed by atoms with Crippen molar-refractivity contribution in [2.75, 3.05) is 0 Å². The Balaban J connectivity index is 3.19. The van der Waals surface area contributed by atoms with Crippen molar-refractivity contribution in [1.82, 2.24) is 0 Å². The molecule has 0 atom stereocenters. The third kappa shape index (κ3) is 1.78. The highest BCUT2D eigenvalue weighted by Gasteiger charge is 2.20. The van der Waals surface area contributed by atoms with E-state index in [1.165, 1.54) is 12.1 Å². The normalized spacial score (nSPS) is 9.31. The van der Waals surface area contributed by atoms with Crippen molar-refractivity contribution in [3.63, 3.8) is 0 Å². The predicted molar refractivity (Wildman–Crippen MR) is 39.6 cm³/mol. The van der Waals surface area contributed by atoms with E-state index in [4.69, 9.17) is 0 Å². The van der Waals surface area contributed by atoms with Crippen LogP contribution >= 0.6 is 0 Å². The van der Waals surface area contributed by atoms with Crippen molar-refractivity contribution in [2.45, 2.75) is 0 Å². The molecule has 13 heavy (non-hydrogen) atoms. The Bertz CT molecular complexity index is 352. The maximum atomic E-state index is 11.4. The molecule has 0 bridgehead atoms. The Kier molecular flexibility index (Phi) is 2.53. The molecule has 0 fully saturated rings. The molecule has 68 valence electrons. The molecule has 0 aliphatic rings. The first-order valence-electron chi connectivity index (χ1n) is 3.23. The number of nitrogens with zero attached hydrogens (tertiary/aromatic N) is 1. The second-order valence-electron chi connectivity index (χ2n) is 2.14. The van der Waals surface area contributed by atoms with Crippen molar-refractivity contribution >= 4 is 11.7 Å². The van der Waals surface area contributed by atoms with Crippen molar-refractivity contribution < 1.29 is 19.2 Å². The highest BCUT2D eigenvalue weighted by atomic mass is 19.3. The Morgan fingerprint density at radius 1 is 1.46 bits per heavy atom. The molecule has 5 nitrogen and oxygen atoms in total. The maximum absolute atomic E-state index is 11.4. The average Bonchev–Trinajstić information content (AvgIpc) is 2.16. The Hall–Kier alpha value is -1.98. The van der Waals surface area contributed by atoms with E-state index >= 15 is 0 Å². The molecule has 0 saturated carbocycles. The van der Waals surface area contributed by atoms with Gasteiger partial charge in [-0.3, -0.25) is 10.1 Å². The molecule has 0 unspecified atom stereocenters. The maximum Gasteiger partial charge on any atom is 0.386 e. The van der Waals surface area contributed by atoms with Gasteiger partial charge in [0.1, 0.15) is 5.56 Å². The fourth-order valence-electron chi connectivity index (χ4n) is 0.847. The van der Waals surface area contributed by atoms with E-state index < -0.39 is 22.1 Å². The summed E-state index contributed by atoms with van der Waals surface area (Å²) in [6.07, 6.45) is 0. The third-order valence-electron chi connectivity index (χ3n) is 1.39. The monoisotopic (exact) mass is 185 g/mol. The van der Waals surface area contributed by atoms with Crippen LogP contribution in [0.25, 0.3) is 0 Å². The summed E-state index contributed by atoms with van der Waals surface area (Å²) in [5.41, 5.74) is -0.889. The number of rotatable bonds is 2. The van der Waals surface area contributed by atoms with Gasteiger partial charge in [-0.2, -0.15) is 0 Å². The molecule has 0 radical (unpaired) electrons. The molecule has 0 heterocycles. The molecule has 0 saturated heterocycles. The molecule has 1 aromatic carbocycles. The van der Waals surface area contributed by atoms with Crippen LogP contribution in [0.2, 0.25) is 0 Å². The van der Waals surface area contributed by atoms with E-state index in [-0.39, 0.29) is 0 Å². The van der Waals surface area contributed by atoms with Crippen LogP contribution in [0, 0.1) is 10.1 Å². The zero-order chi connectivity index (χ0) is 9.84. The van der Waals surface area contributed by atoms with E-state index in [9.17, 15) is 19.4 Å². The number of para-hydroxylation sites is 1. The zero-order valence-electron chi connectivity index (χ0n) is 6.27. The number of hydrogen-bond acceptors (Lipinski definition) is 4. The molecular formula is C7H4FNO4. The van der Waals surface area contributed by atoms with Gasteiger partial charge in [0, 0.05) is 10.6 Å².